The van der Waals surface area contributed by atoms with Crippen LogP contribution in [0.15, 0.2) is 45.6 Å². The Morgan fingerprint density at radius 3 is 2.53 bits per heavy atom. The Morgan fingerprint density at radius 1 is 1.06 bits per heavy atom. The number of aryl methyl sites for hydroxylation is 1. The number of methoxy groups -OCH3 is 2. The van der Waals surface area contributed by atoms with Crippen LogP contribution >= 0.6 is 0 Å². The van der Waals surface area contributed by atoms with Gasteiger partial charge in [-0.15, -0.1) is 0 Å². The van der Waals surface area contributed by atoms with E-state index in [-0.39, 0.29) is 25.5 Å². The number of hydrogen-bond donors (Lipinski definition) is 0. The van der Waals surface area contributed by atoms with Crippen molar-refractivity contribution in [1.82, 2.24) is 9.47 Å². The summed E-state index contributed by atoms with van der Waals surface area (Å²) < 4.78 is 22.4. The van der Waals surface area contributed by atoms with Crippen LogP contribution in [-0.4, -0.2) is 48.7 Å². The molecule has 3 aromatic rings. The highest BCUT2D eigenvalue weighted by Gasteiger charge is 2.23. The third kappa shape index (κ3) is 4.32. The van der Waals surface area contributed by atoms with E-state index in [1.54, 1.807) is 43.4 Å². The molecule has 1 aliphatic heterocycles. The molecular formula is C23H24N2O7. The number of nitrogens with zero attached hydrogens (tertiary/aromatic N) is 2. The van der Waals surface area contributed by atoms with Gasteiger partial charge in [-0.05, 0) is 41.8 Å². The maximum absolute atomic E-state index is 12.6. The first-order valence-electron chi connectivity index (χ1n) is 10.3. The molecule has 32 heavy (non-hydrogen) atoms. The van der Waals surface area contributed by atoms with Crippen molar-refractivity contribution in [2.45, 2.75) is 25.9 Å². The molecule has 1 amide bonds. The van der Waals surface area contributed by atoms with E-state index in [1.807, 2.05) is 12.1 Å². The van der Waals surface area contributed by atoms with Gasteiger partial charge in [0.05, 0.1) is 26.2 Å². The Bertz CT molecular complexity index is 1210. The summed E-state index contributed by atoms with van der Waals surface area (Å²) in [5, 5.41) is 0. The minimum atomic E-state index is -0.556. The van der Waals surface area contributed by atoms with E-state index < -0.39 is 11.7 Å². The second-order valence-electron chi connectivity index (χ2n) is 7.44. The van der Waals surface area contributed by atoms with Crippen molar-refractivity contribution in [3.05, 3.63) is 58.1 Å². The zero-order valence-corrected chi connectivity index (χ0v) is 18.0. The Kier molecular flexibility index (Phi) is 6.16. The van der Waals surface area contributed by atoms with Crippen molar-refractivity contribution in [2.75, 3.05) is 27.4 Å². The van der Waals surface area contributed by atoms with Crippen molar-refractivity contribution in [3.63, 3.8) is 0 Å². The fourth-order valence-corrected chi connectivity index (χ4v) is 3.83. The van der Waals surface area contributed by atoms with Gasteiger partial charge in [0.2, 0.25) is 0 Å². The number of para-hydroxylation sites is 2. The third-order valence-electron chi connectivity index (χ3n) is 5.54. The van der Waals surface area contributed by atoms with Crippen LogP contribution in [0.25, 0.3) is 11.1 Å². The first-order chi connectivity index (χ1) is 15.5. The molecular weight excluding hydrogens is 416 g/mol. The molecule has 0 N–H and O–H groups in total. The minimum absolute atomic E-state index is 0.0451. The lowest BCUT2D eigenvalue weighted by Crippen LogP contribution is -2.38. The zero-order chi connectivity index (χ0) is 22.7. The molecule has 0 saturated carbocycles. The van der Waals surface area contributed by atoms with E-state index in [9.17, 15) is 14.4 Å². The number of rotatable bonds is 7. The number of fused-ring (bicyclic) bond motifs is 2. The number of benzene rings is 2. The summed E-state index contributed by atoms with van der Waals surface area (Å²) in [4.78, 5) is 38.4. The van der Waals surface area contributed by atoms with Crippen molar-refractivity contribution in [3.8, 4) is 11.5 Å². The standard InChI is InChI=1S/C23H24N2O7/c1-29-19-11-15-7-9-24(13-16(15)12-20(19)30-2)21(26)14-31-22(27)8-10-25-17-5-3-4-6-18(17)32-23(25)28/h3-6,11-12H,7-10,13-14H2,1-2H3. The Balaban J connectivity index is 1.31. The van der Waals surface area contributed by atoms with Crippen LogP contribution in [0.4, 0.5) is 0 Å². The summed E-state index contributed by atoms with van der Waals surface area (Å²) in [7, 11) is 3.15. The number of oxazole rings is 1. The average Bonchev–Trinajstić information content (AvgIpc) is 3.14. The smallest absolute Gasteiger partial charge is 0.419 e. The van der Waals surface area contributed by atoms with Gasteiger partial charge in [-0.3, -0.25) is 14.2 Å². The number of esters is 1. The molecule has 0 spiro atoms. The number of carbonyl (C=O) groups is 2. The van der Waals surface area contributed by atoms with E-state index in [0.29, 0.717) is 42.1 Å². The fourth-order valence-electron chi connectivity index (χ4n) is 3.83. The summed E-state index contributed by atoms with van der Waals surface area (Å²) in [6, 6.07) is 10.8. The number of amides is 1. The number of carbonyl (C=O) groups excluding carboxylic acids is 2. The lowest BCUT2D eigenvalue weighted by molar-refractivity contribution is -0.152. The van der Waals surface area contributed by atoms with E-state index in [1.165, 1.54) is 4.57 Å². The zero-order valence-electron chi connectivity index (χ0n) is 18.0. The lowest BCUT2D eigenvalue weighted by atomic mass is 9.99. The molecule has 168 valence electrons. The van der Waals surface area contributed by atoms with Gasteiger partial charge in [0, 0.05) is 19.6 Å². The van der Waals surface area contributed by atoms with Gasteiger partial charge in [-0.25, -0.2) is 4.79 Å². The van der Waals surface area contributed by atoms with E-state index in [0.717, 1.165) is 11.1 Å². The first-order valence-corrected chi connectivity index (χ1v) is 10.3. The van der Waals surface area contributed by atoms with E-state index >= 15 is 0 Å². The Hall–Kier alpha value is -3.75. The van der Waals surface area contributed by atoms with Crippen LogP contribution in [0.5, 0.6) is 11.5 Å². The van der Waals surface area contributed by atoms with Crippen LogP contribution in [0.1, 0.15) is 17.5 Å². The van der Waals surface area contributed by atoms with Crippen molar-refractivity contribution >= 4 is 23.0 Å². The quantitative estimate of drug-likeness (QED) is 0.519. The molecule has 1 aliphatic rings. The van der Waals surface area contributed by atoms with Gasteiger partial charge in [0.25, 0.3) is 5.91 Å². The molecule has 0 saturated heterocycles. The maximum Gasteiger partial charge on any atom is 0.419 e. The number of hydrogen-bond acceptors (Lipinski definition) is 7. The summed E-state index contributed by atoms with van der Waals surface area (Å²) in [5.74, 6) is -0.100. The predicted octanol–water partition coefficient (Wildman–Crippen LogP) is 2.13. The third-order valence-corrected chi connectivity index (χ3v) is 5.54. The van der Waals surface area contributed by atoms with Crippen molar-refractivity contribution in [2.24, 2.45) is 0 Å². The normalized spacial score (nSPS) is 13.0. The summed E-state index contributed by atoms with van der Waals surface area (Å²) >= 11 is 0. The van der Waals surface area contributed by atoms with Gasteiger partial charge in [-0.1, -0.05) is 12.1 Å². The molecule has 0 radical (unpaired) electrons. The molecule has 0 fully saturated rings. The lowest BCUT2D eigenvalue weighted by Gasteiger charge is -2.29. The van der Waals surface area contributed by atoms with Gasteiger partial charge >= 0.3 is 11.7 Å². The molecule has 4 rings (SSSR count). The first kappa shape index (κ1) is 21.5. The monoisotopic (exact) mass is 440 g/mol. The SMILES string of the molecule is COc1cc2c(cc1OC)CN(C(=O)COC(=O)CCn1c(=O)oc3ccccc31)CC2. The topological polar surface area (TPSA) is 100 Å². The predicted molar refractivity (Wildman–Crippen MR) is 115 cm³/mol. The van der Waals surface area contributed by atoms with Crippen LogP contribution in [0.3, 0.4) is 0 Å². The molecule has 9 heteroatoms. The largest absolute Gasteiger partial charge is 0.493 e. The number of aromatic nitrogens is 1. The van der Waals surface area contributed by atoms with Gasteiger partial charge in [-0.2, -0.15) is 0 Å². The van der Waals surface area contributed by atoms with Crippen LogP contribution < -0.4 is 15.2 Å². The van der Waals surface area contributed by atoms with Gasteiger partial charge in [0.15, 0.2) is 23.7 Å². The highest BCUT2D eigenvalue weighted by molar-refractivity contribution is 5.81. The van der Waals surface area contributed by atoms with Crippen LogP contribution in [0.2, 0.25) is 0 Å². The Labute approximate surface area is 184 Å². The number of ether oxygens (including phenoxy) is 3. The second kappa shape index (κ2) is 9.17. The summed E-state index contributed by atoms with van der Waals surface area (Å²) in [6.07, 6.45) is 0.627. The Morgan fingerprint density at radius 2 is 1.78 bits per heavy atom. The molecule has 1 aromatic heterocycles. The summed E-state index contributed by atoms with van der Waals surface area (Å²) in [5.41, 5.74) is 3.14. The highest BCUT2D eigenvalue weighted by Crippen LogP contribution is 2.33. The van der Waals surface area contributed by atoms with Gasteiger partial charge < -0.3 is 23.5 Å². The highest BCUT2D eigenvalue weighted by atomic mass is 16.5. The summed E-state index contributed by atoms with van der Waals surface area (Å²) in [6.45, 7) is 0.696. The van der Waals surface area contributed by atoms with Crippen LogP contribution in [-0.2, 0) is 33.8 Å². The average molecular weight is 440 g/mol. The van der Waals surface area contributed by atoms with Crippen molar-refractivity contribution in [1.29, 1.82) is 0 Å². The fraction of sp³-hybridized carbons (Fsp3) is 0.348. The van der Waals surface area contributed by atoms with Gasteiger partial charge in [0.1, 0.15) is 0 Å². The molecule has 0 unspecified atom stereocenters. The van der Waals surface area contributed by atoms with Crippen LogP contribution in [0, 0.1) is 0 Å². The molecule has 9 nitrogen and oxygen atoms in total. The maximum atomic E-state index is 12.6. The molecule has 2 aromatic carbocycles. The molecule has 2 heterocycles. The van der Waals surface area contributed by atoms with E-state index in [4.69, 9.17) is 18.6 Å². The second-order valence-corrected chi connectivity index (χ2v) is 7.44. The van der Waals surface area contributed by atoms with Crippen molar-refractivity contribution < 1.29 is 28.2 Å². The van der Waals surface area contributed by atoms with E-state index in [2.05, 4.69) is 0 Å². The molecule has 0 atom stereocenters. The minimum Gasteiger partial charge on any atom is -0.493 e. The molecule has 0 bridgehead atoms. The molecule has 0 aliphatic carbocycles.